The van der Waals surface area contributed by atoms with Crippen LogP contribution in [-0.2, 0) is 0 Å². The van der Waals surface area contributed by atoms with Crippen LogP contribution in [0.2, 0.25) is 0 Å². The molecule has 1 N–H and O–H groups in total. The summed E-state index contributed by atoms with van der Waals surface area (Å²) in [6, 6.07) is 2.39. The molecule has 2 unspecified atom stereocenters. The normalized spacial score (nSPS) is 39.8. The molecule has 0 bridgehead atoms. The fraction of sp³-hybridized carbons (Fsp3) is 1.00. The van der Waals surface area contributed by atoms with Gasteiger partial charge in [-0.25, -0.2) is 0 Å². The molecule has 1 saturated heterocycles. The van der Waals surface area contributed by atoms with Gasteiger partial charge in [0.05, 0.1) is 0 Å². The van der Waals surface area contributed by atoms with Crippen LogP contribution >= 0.6 is 0 Å². The molecular formula is C9H18N2. The highest BCUT2D eigenvalue weighted by Crippen LogP contribution is 2.23. The Kier molecular flexibility index (Phi) is 1.90. The average Bonchev–Trinajstić information content (AvgIpc) is 2.74. The van der Waals surface area contributed by atoms with E-state index in [4.69, 9.17) is 0 Å². The van der Waals surface area contributed by atoms with Crippen LogP contribution in [0, 0.1) is 0 Å². The number of nitrogens with zero attached hydrogens (tertiary/aromatic N) is 1. The van der Waals surface area contributed by atoms with Gasteiger partial charge in [-0.15, -0.1) is 0 Å². The molecule has 0 radical (unpaired) electrons. The number of likely N-dealkylation sites (tertiary alicyclic amines) is 1. The van der Waals surface area contributed by atoms with Crippen LogP contribution < -0.4 is 5.32 Å². The van der Waals surface area contributed by atoms with Gasteiger partial charge in [-0.2, -0.15) is 0 Å². The quantitative estimate of drug-likeness (QED) is 0.634. The second kappa shape index (κ2) is 2.76. The standard InChI is InChI=1S/C9H18N2/c1-7-9(5-6-11(7)2)10-8-3-4-8/h7-10H,3-6H2,1-2H3. The zero-order valence-electron chi connectivity index (χ0n) is 7.51. The second-order valence-electron chi connectivity index (χ2n) is 4.06. The Morgan fingerprint density at radius 2 is 2.00 bits per heavy atom. The van der Waals surface area contributed by atoms with Crippen LogP contribution in [-0.4, -0.2) is 36.6 Å². The first-order valence-corrected chi connectivity index (χ1v) is 4.73. The van der Waals surface area contributed by atoms with E-state index in [1.807, 2.05) is 0 Å². The zero-order valence-corrected chi connectivity index (χ0v) is 7.51. The van der Waals surface area contributed by atoms with Crippen molar-refractivity contribution >= 4 is 0 Å². The highest BCUT2D eigenvalue weighted by molar-refractivity contribution is 4.93. The maximum atomic E-state index is 3.69. The fourth-order valence-corrected chi connectivity index (χ4v) is 1.87. The molecule has 1 aliphatic heterocycles. The lowest BCUT2D eigenvalue weighted by Gasteiger charge is -2.21. The van der Waals surface area contributed by atoms with Crippen molar-refractivity contribution in [2.45, 2.75) is 44.3 Å². The topological polar surface area (TPSA) is 15.3 Å². The Balaban J connectivity index is 1.83. The molecule has 1 heterocycles. The van der Waals surface area contributed by atoms with Crippen molar-refractivity contribution in [1.29, 1.82) is 0 Å². The molecule has 64 valence electrons. The first-order chi connectivity index (χ1) is 5.27. The van der Waals surface area contributed by atoms with Crippen molar-refractivity contribution in [1.82, 2.24) is 10.2 Å². The van der Waals surface area contributed by atoms with Crippen molar-refractivity contribution in [2.24, 2.45) is 0 Å². The summed E-state index contributed by atoms with van der Waals surface area (Å²) < 4.78 is 0. The lowest BCUT2D eigenvalue weighted by molar-refractivity contribution is 0.300. The molecule has 1 aliphatic carbocycles. The molecule has 0 amide bonds. The Bertz CT molecular complexity index is 142. The Labute approximate surface area is 69.0 Å². The molecule has 2 atom stereocenters. The third-order valence-corrected chi connectivity index (χ3v) is 3.10. The van der Waals surface area contributed by atoms with E-state index in [9.17, 15) is 0 Å². The minimum atomic E-state index is 0.746. The van der Waals surface area contributed by atoms with E-state index in [2.05, 4.69) is 24.2 Å². The van der Waals surface area contributed by atoms with E-state index in [-0.39, 0.29) is 0 Å². The summed E-state index contributed by atoms with van der Waals surface area (Å²) in [5.41, 5.74) is 0. The summed E-state index contributed by atoms with van der Waals surface area (Å²) in [4.78, 5) is 2.44. The molecule has 11 heavy (non-hydrogen) atoms. The first kappa shape index (κ1) is 7.56. The van der Waals surface area contributed by atoms with Crippen molar-refractivity contribution in [3.05, 3.63) is 0 Å². The summed E-state index contributed by atoms with van der Waals surface area (Å²) in [5.74, 6) is 0. The molecule has 0 aromatic heterocycles. The van der Waals surface area contributed by atoms with E-state index in [0.29, 0.717) is 0 Å². The van der Waals surface area contributed by atoms with E-state index in [0.717, 1.165) is 18.1 Å². The maximum absolute atomic E-state index is 3.69. The molecule has 0 aromatic rings. The molecule has 2 rings (SSSR count). The van der Waals surface area contributed by atoms with Gasteiger partial charge in [0.15, 0.2) is 0 Å². The van der Waals surface area contributed by atoms with Gasteiger partial charge < -0.3 is 10.2 Å². The number of likely N-dealkylation sites (N-methyl/N-ethyl adjacent to an activating group) is 1. The second-order valence-corrected chi connectivity index (χ2v) is 4.06. The average molecular weight is 154 g/mol. The molecule has 0 spiro atoms. The van der Waals surface area contributed by atoms with E-state index in [1.165, 1.54) is 25.8 Å². The molecular weight excluding hydrogens is 136 g/mol. The van der Waals surface area contributed by atoms with Crippen LogP contribution in [0.1, 0.15) is 26.2 Å². The van der Waals surface area contributed by atoms with Crippen LogP contribution in [0.5, 0.6) is 0 Å². The van der Waals surface area contributed by atoms with Crippen LogP contribution in [0.3, 0.4) is 0 Å². The largest absolute Gasteiger partial charge is 0.310 e. The predicted molar refractivity (Wildman–Crippen MR) is 46.7 cm³/mol. The summed E-state index contributed by atoms with van der Waals surface area (Å²) >= 11 is 0. The summed E-state index contributed by atoms with van der Waals surface area (Å²) in [5, 5.41) is 3.69. The zero-order chi connectivity index (χ0) is 7.84. The highest BCUT2D eigenvalue weighted by atomic mass is 15.2. The first-order valence-electron chi connectivity index (χ1n) is 4.73. The van der Waals surface area contributed by atoms with Gasteiger partial charge in [-0.05, 0) is 39.8 Å². The van der Waals surface area contributed by atoms with Gasteiger partial charge in [0, 0.05) is 18.1 Å². The van der Waals surface area contributed by atoms with Gasteiger partial charge >= 0.3 is 0 Å². The highest BCUT2D eigenvalue weighted by Gasteiger charge is 2.32. The third-order valence-electron chi connectivity index (χ3n) is 3.10. The SMILES string of the molecule is CC1C(NC2CC2)CCN1C. The van der Waals surface area contributed by atoms with Crippen LogP contribution in [0.4, 0.5) is 0 Å². The molecule has 1 saturated carbocycles. The fourth-order valence-electron chi connectivity index (χ4n) is 1.87. The smallest absolute Gasteiger partial charge is 0.0235 e. The van der Waals surface area contributed by atoms with Crippen LogP contribution in [0.15, 0.2) is 0 Å². The monoisotopic (exact) mass is 154 g/mol. The van der Waals surface area contributed by atoms with E-state index in [1.54, 1.807) is 0 Å². The summed E-state index contributed by atoms with van der Waals surface area (Å²) in [6.07, 6.45) is 4.16. The Hall–Kier alpha value is -0.0800. The maximum Gasteiger partial charge on any atom is 0.0235 e. The molecule has 0 aromatic carbocycles. The number of rotatable bonds is 2. The number of hydrogen-bond acceptors (Lipinski definition) is 2. The Morgan fingerprint density at radius 1 is 1.27 bits per heavy atom. The molecule has 2 heteroatoms. The molecule has 2 aliphatic rings. The number of nitrogens with one attached hydrogen (secondary N) is 1. The van der Waals surface area contributed by atoms with Crippen molar-refractivity contribution < 1.29 is 0 Å². The molecule has 2 fully saturated rings. The lowest BCUT2D eigenvalue weighted by Crippen LogP contribution is -2.40. The lowest BCUT2D eigenvalue weighted by atomic mass is 10.1. The van der Waals surface area contributed by atoms with Crippen molar-refractivity contribution in [3.63, 3.8) is 0 Å². The minimum Gasteiger partial charge on any atom is -0.310 e. The van der Waals surface area contributed by atoms with Crippen molar-refractivity contribution in [2.75, 3.05) is 13.6 Å². The van der Waals surface area contributed by atoms with Gasteiger partial charge in [0.25, 0.3) is 0 Å². The predicted octanol–water partition coefficient (Wildman–Crippen LogP) is 0.831. The Morgan fingerprint density at radius 3 is 2.45 bits per heavy atom. The van der Waals surface area contributed by atoms with Gasteiger partial charge in [0.1, 0.15) is 0 Å². The number of hydrogen-bond donors (Lipinski definition) is 1. The van der Waals surface area contributed by atoms with Crippen LogP contribution in [0.25, 0.3) is 0 Å². The summed E-state index contributed by atoms with van der Waals surface area (Å²) in [7, 11) is 2.22. The van der Waals surface area contributed by atoms with Gasteiger partial charge in [-0.1, -0.05) is 0 Å². The van der Waals surface area contributed by atoms with Gasteiger partial charge in [-0.3, -0.25) is 0 Å². The van der Waals surface area contributed by atoms with E-state index >= 15 is 0 Å². The molecule has 2 nitrogen and oxygen atoms in total. The third kappa shape index (κ3) is 1.57. The van der Waals surface area contributed by atoms with Crippen molar-refractivity contribution in [3.8, 4) is 0 Å². The summed E-state index contributed by atoms with van der Waals surface area (Å²) in [6.45, 7) is 3.60. The van der Waals surface area contributed by atoms with Gasteiger partial charge in [0.2, 0.25) is 0 Å². The van der Waals surface area contributed by atoms with E-state index < -0.39 is 0 Å². The minimum absolute atomic E-state index is 0.746.